The van der Waals surface area contributed by atoms with Crippen LogP contribution in [-0.4, -0.2) is 26.0 Å². The van der Waals surface area contributed by atoms with E-state index in [1.807, 2.05) is 32.9 Å². The fourth-order valence-corrected chi connectivity index (χ4v) is 1.77. The van der Waals surface area contributed by atoms with E-state index in [-0.39, 0.29) is 5.78 Å². The maximum atomic E-state index is 12.0. The average Bonchev–Trinajstić information content (AvgIpc) is 2.24. The van der Waals surface area contributed by atoms with Gasteiger partial charge in [-0.2, -0.15) is 0 Å². The highest BCUT2D eigenvalue weighted by molar-refractivity contribution is 6.01. The molecule has 3 nitrogen and oxygen atoms in total. The first-order chi connectivity index (χ1) is 7.60. The molecule has 0 saturated carbocycles. The van der Waals surface area contributed by atoms with Gasteiger partial charge in [0.1, 0.15) is 5.75 Å². The maximum absolute atomic E-state index is 12.0. The van der Waals surface area contributed by atoms with Crippen molar-refractivity contribution in [3.63, 3.8) is 0 Å². The van der Waals surface area contributed by atoms with Gasteiger partial charge in [0.05, 0.1) is 19.2 Å². The van der Waals surface area contributed by atoms with Gasteiger partial charge in [0, 0.05) is 0 Å². The summed E-state index contributed by atoms with van der Waals surface area (Å²) in [7, 11) is 1.60. The number of hydrogen-bond acceptors (Lipinski definition) is 3. The second-order valence-corrected chi connectivity index (χ2v) is 3.86. The van der Waals surface area contributed by atoms with E-state index in [0.29, 0.717) is 17.9 Å². The number of ketones is 1. The average molecular weight is 221 g/mol. The third kappa shape index (κ3) is 2.83. The number of ether oxygens (including phenoxy) is 1. The highest BCUT2D eigenvalue weighted by atomic mass is 16.5. The second-order valence-electron chi connectivity index (χ2n) is 3.86. The van der Waals surface area contributed by atoms with E-state index in [1.165, 1.54) is 0 Å². The first kappa shape index (κ1) is 12.7. The van der Waals surface area contributed by atoms with Crippen molar-refractivity contribution in [2.45, 2.75) is 20.8 Å². The number of methoxy groups -OCH3 is 1. The lowest BCUT2D eigenvalue weighted by Gasteiger charge is -2.12. The van der Waals surface area contributed by atoms with Crippen molar-refractivity contribution in [3.05, 3.63) is 28.8 Å². The number of nitrogens with one attached hydrogen (secondary N) is 1. The summed E-state index contributed by atoms with van der Waals surface area (Å²) in [5, 5.41) is 3.03. The Morgan fingerprint density at radius 2 is 2.06 bits per heavy atom. The Morgan fingerprint density at radius 1 is 1.38 bits per heavy atom. The summed E-state index contributed by atoms with van der Waals surface area (Å²) in [6, 6.07) is 3.90. The summed E-state index contributed by atoms with van der Waals surface area (Å²) in [6.45, 7) is 7.06. The Balaban J connectivity index is 3.06. The summed E-state index contributed by atoms with van der Waals surface area (Å²) >= 11 is 0. The van der Waals surface area contributed by atoms with Gasteiger partial charge < -0.3 is 10.1 Å². The number of carbonyl (C=O) groups excluding carboxylic acids is 1. The van der Waals surface area contributed by atoms with Gasteiger partial charge in [-0.1, -0.05) is 13.0 Å². The summed E-state index contributed by atoms with van der Waals surface area (Å²) < 4.78 is 5.26. The van der Waals surface area contributed by atoms with E-state index in [0.717, 1.165) is 17.7 Å². The molecule has 0 unspecified atom stereocenters. The molecule has 16 heavy (non-hydrogen) atoms. The van der Waals surface area contributed by atoms with Crippen LogP contribution in [-0.2, 0) is 0 Å². The minimum atomic E-state index is 0.0798. The summed E-state index contributed by atoms with van der Waals surface area (Å²) in [4.78, 5) is 12.0. The van der Waals surface area contributed by atoms with Crippen molar-refractivity contribution < 1.29 is 9.53 Å². The molecular formula is C13H19NO2. The summed E-state index contributed by atoms with van der Waals surface area (Å²) in [5.74, 6) is 0.747. The van der Waals surface area contributed by atoms with Gasteiger partial charge in [-0.3, -0.25) is 4.79 Å². The number of rotatable bonds is 5. The van der Waals surface area contributed by atoms with Crippen molar-refractivity contribution >= 4 is 5.78 Å². The largest absolute Gasteiger partial charge is 0.496 e. The van der Waals surface area contributed by atoms with Crippen molar-refractivity contribution in [3.8, 4) is 5.75 Å². The third-order valence-electron chi connectivity index (χ3n) is 2.48. The topological polar surface area (TPSA) is 38.3 Å². The van der Waals surface area contributed by atoms with Crippen LogP contribution in [0.4, 0.5) is 0 Å². The predicted molar refractivity (Wildman–Crippen MR) is 65.3 cm³/mol. The lowest BCUT2D eigenvalue weighted by molar-refractivity contribution is 0.0988. The van der Waals surface area contributed by atoms with E-state index in [4.69, 9.17) is 4.74 Å². The van der Waals surface area contributed by atoms with E-state index in [9.17, 15) is 4.79 Å². The molecule has 0 aliphatic heterocycles. The molecule has 1 aromatic rings. The molecule has 0 saturated heterocycles. The molecule has 88 valence electrons. The zero-order valence-corrected chi connectivity index (χ0v) is 10.4. The fraction of sp³-hybridized carbons (Fsp3) is 0.462. The number of hydrogen-bond donors (Lipinski definition) is 1. The van der Waals surface area contributed by atoms with Crippen LogP contribution in [0.25, 0.3) is 0 Å². The van der Waals surface area contributed by atoms with Crippen molar-refractivity contribution in [1.29, 1.82) is 0 Å². The molecular weight excluding hydrogens is 202 g/mol. The molecule has 0 aromatic heterocycles. The molecule has 0 amide bonds. The second kappa shape index (κ2) is 5.66. The minimum absolute atomic E-state index is 0.0798. The number of carbonyl (C=O) groups is 1. The molecule has 0 heterocycles. The Kier molecular flexibility index (Phi) is 4.50. The Bertz CT molecular complexity index is 386. The van der Waals surface area contributed by atoms with Crippen LogP contribution in [0, 0.1) is 13.8 Å². The van der Waals surface area contributed by atoms with Gasteiger partial charge in [0.2, 0.25) is 0 Å². The Hall–Kier alpha value is -1.35. The maximum Gasteiger partial charge on any atom is 0.180 e. The fourth-order valence-electron chi connectivity index (χ4n) is 1.77. The van der Waals surface area contributed by atoms with E-state index < -0.39 is 0 Å². The molecule has 0 spiro atoms. The lowest BCUT2D eigenvalue weighted by atomic mass is 10.0. The van der Waals surface area contributed by atoms with E-state index in [2.05, 4.69) is 5.32 Å². The zero-order chi connectivity index (χ0) is 12.1. The first-order valence-electron chi connectivity index (χ1n) is 5.49. The molecule has 1 aromatic carbocycles. The van der Waals surface area contributed by atoms with Crippen LogP contribution in [0.3, 0.4) is 0 Å². The van der Waals surface area contributed by atoms with Crippen LogP contribution in [0.1, 0.15) is 28.4 Å². The number of aryl methyl sites for hydroxylation is 2. The van der Waals surface area contributed by atoms with Crippen LogP contribution in [0.5, 0.6) is 5.75 Å². The van der Waals surface area contributed by atoms with E-state index in [1.54, 1.807) is 7.11 Å². The SMILES string of the molecule is CCNCC(=O)c1c(C)cc(C)cc1OC. The molecule has 0 atom stereocenters. The van der Waals surface area contributed by atoms with Crippen LogP contribution >= 0.6 is 0 Å². The van der Waals surface area contributed by atoms with Gasteiger partial charge in [-0.25, -0.2) is 0 Å². The van der Waals surface area contributed by atoms with Gasteiger partial charge in [-0.15, -0.1) is 0 Å². The summed E-state index contributed by atoms with van der Waals surface area (Å²) in [5.41, 5.74) is 2.77. The van der Waals surface area contributed by atoms with Gasteiger partial charge in [0.15, 0.2) is 5.78 Å². The number of likely N-dealkylation sites (N-methyl/N-ethyl adjacent to an activating group) is 1. The highest BCUT2D eigenvalue weighted by Gasteiger charge is 2.15. The molecule has 0 aliphatic rings. The van der Waals surface area contributed by atoms with Gasteiger partial charge in [0.25, 0.3) is 0 Å². The smallest absolute Gasteiger partial charge is 0.180 e. The molecule has 1 rings (SSSR count). The Morgan fingerprint density at radius 3 is 2.62 bits per heavy atom. The number of benzene rings is 1. The molecule has 1 N–H and O–H groups in total. The monoisotopic (exact) mass is 221 g/mol. The molecule has 0 fully saturated rings. The normalized spacial score (nSPS) is 10.2. The van der Waals surface area contributed by atoms with Crippen molar-refractivity contribution in [2.24, 2.45) is 0 Å². The minimum Gasteiger partial charge on any atom is -0.496 e. The molecule has 0 radical (unpaired) electrons. The van der Waals surface area contributed by atoms with Gasteiger partial charge in [-0.05, 0) is 37.6 Å². The molecule has 0 bridgehead atoms. The molecule has 3 heteroatoms. The quantitative estimate of drug-likeness (QED) is 0.774. The van der Waals surface area contributed by atoms with Crippen LogP contribution < -0.4 is 10.1 Å². The van der Waals surface area contributed by atoms with Crippen molar-refractivity contribution in [1.82, 2.24) is 5.32 Å². The van der Waals surface area contributed by atoms with Crippen LogP contribution in [0.15, 0.2) is 12.1 Å². The number of Topliss-reactive ketones (excluding diaryl/α,β-unsaturated/α-hetero) is 1. The lowest BCUT2D eigenvalue weighted by Crippen LogP contribution is -2.23. The van der Waals surface area contributed by atoms with Gasteiger partial charge >= 0.3 is 0 Å². The Labute approximate surface area is 96.8 Å². The zero-order valence-electron chi connectivity index (χ0n) is 10.4. The first-order valence-corrected chi connectivity index (χ1v) is 5.49. The molecule has 0 aliphatic carbocycles. The third-order valence-corrected chi connectivity index (χ3v) is 2.48. The predicted octanol–water partition coefficient (Wildman–Crippen LogP) is 2.10. The standard InChI is InChI=1S/C13H19NO2/c1-5-14-8-11(15)13-10(3)6-9(2)7-12(13)16-4/h6-7,14H,5,8H2,1-4H3. The van der Waals surface area contributed by atoms with Crippen molar-refractivity contribution in [2.75, 3.05) is 20.2 Å². The van der Waals surface area contributed by atoms with E-state index >= 15 is 0 Å². The highest BCUT2D eigenvalue weighted by Crippen LogP contribution is 2.24. The van der Waals surface area contributed by atoms with Crippen LogP contribution in [0.2, 0.25) is 0 Å². The summed E-state index contributed by atoms with van der Waals surface area (Å²) in [6.07, 6.45) is 0.